The van der Waals surface area contributed by atoms with E-state index >= 15 is 0 Å². The minimum absolute atomic E-state index is 0.304. The van der Waals surface area contributed by atoms with Crippen molar-refractivity contribution in [2.45, 2.75) is 19.8 Å². The predicted molar refractivity (Wildman–Crippen MR) is 69.2 cm³/mol. The third-order valence-electron chi connectivity index (χ3n) is 1.87. The summed E-state index contributed by atoms with van der Waals surface area (Å²) in [7, 11) is -2.77. The third kappa shape index (κ3) is 9.34. The molecule has 5 heteroatoms. The summed E-state index contributed by atoms with van der Waals surface area (Å²) in [4.78, 5) is 0. The van der Waals surface area contributed by atoms with Crippen LogP contribution in [0.15, 0.2) is 0 Å². The van der Waals surface area contributed by atoms with E-state index in [1.807, 2.05) is 0 Å². The van der Waals surface area contributed by atoms with Crippen LogP contribution in [-0.2, 0) is 9.84 Å². The molecule has 0 amide bonds. The number of rotatable bonds is 8. The first kappa shape index (κ1) is 14.8. The second-order valence-electron chi connectivity index (χ2n) is 3.51. The van der Waals surface area contributed by atoms with Crippen molar-refractivity contribution in [3.8, 4) is 0 Å². The average molecular weight is 303 g/mol. The zero-order valence-corrected chi connectivity index (χ0v) is 12.0. The van der Waals surface area contributed by atoms with Crippen LogP contribution in [0, 0.1) is 5.92 Å². The standard InChI is InChI=1S/C9H19BrO2S2/c1-3-4-9(7-10)8-13-5-6-14(2,11)12/h9H,3-8H2,1-2H3. The Morgan fingerprint density at radius 2 is 2.07 bits per heavy atom. The van der Waals surface area contributed by atoms with Crippen molar-refractivity contribution < 1.29 is 8.42 Å². The molecule has 0 heterocycles. The molecule has 0 radical (unpaired) electrons. The number of hydrogen-bond acceptors (Lipinski definition) is 3. The van der Waals surface area contributed by atoms with Crippen molar-refractivity contribution in [3.05, 3.63) is 0 Å². The molecule has 2 nitrogen and oxygen atoms in total. The molecule has 0 bridgehead atoms. The lowest BCUT2D eigenvalue weighted by atomic mass is 10.1. The highest BCUT2D eigenvalue weighted by Gasteiger charge is 2.07. The number of thioether (sulfide) groups is 1. The summed E-state index contributed by atoms with van der Waals surface area (Å²) >= 11 is 5.22. The van der Waals surface area contributed by atoms with Gasteiger partial charge >= 0.3 is 0 Å². The lowest BCUT2D eigenvalue weighted by molar-refractivity contribution is 0.597. The van der Waals surface area contributed by atoms with Gasteiger partial charge in [-0.25, -0.2) is 8.42 Å². The quantitative estimate of drug-likeness (QED) is 0.510. The zero-order valence-electron chi connectivity index (χ0n) is 8.83. The van der Waals surface area contributed by atoms with Gasteiger partial charge in [0.2, 0.25) is 0 Å². The second-order valence-corrected chi connectivity index (χ2v) is 7.57. The van der Waals surface area contributed by atoms with E-state index in [4.69, 9.17) is 0 Å². The first-order valence-corrected chi connectivity index (χ1v) is 9.14. The lowest BCUT2D eigenvalue weighted by Crippen LogP contribution is -2.09. The van der Waals surface area contributed by atoms with Gasteiger partial charge in [0.25, 0.3) is 0 Å². The smallest absolute Gasteiger partial charge is 0.148 e. The highest BCUT2D eigenvalue weighted by Crippen LogP contribution is 2.16. The largest absolute Gasteiger partial charge is 0.229 e. The van der Waals surface area contributed by atoms with Crippen LogP contribution >= 0.6 is 27.7 Å². The molecule has 0 saturated heterocycles. The second kappa shape index (κ2) is 7.99. The SMILES string of the molecule is CCCC(CBr)CSCCS(C)(=O)=O. The summed E-state index contributed by atoms with van der Waals surface area (Å²) in [6, 6.07) is 0. The Balaban J connectivity index is 3.52. The highest BCUT2D eigenvalue weighted by molar-refractivity contribution is 9.09. The molecule has 0 rings (SSSR count). The monoisotopic (exact) mass is 302 g/mol. The van der Waals surface area contributed by atoms with Crippen LogP contribution in [0.2, 0.25) is 0 Å². The fourth-order valence-electron chi connectivity index (χ4n) is 1.07. The van der Waals surface area contributed by atoms with Crippen LogP contribution in [0.5, 0.6) is 0 Å². The van der Waals surface area contributed by atoms with E-state index in [0.29, 0.717) is 11.7 Å². The first-order chi connectivity index (χ1) is 6.49. The minimum atomic E-state index is -2.77. The number of halogens is 1. The van der Waals surface area contributed by atoms with Crippen molar-refractivity contribution in [2.24, 2.45) is 5.92 Å². The Kier molecular flexibility index (Phi) is 8.44. The van der Waals surface area contributed by atoms with Crippen LogP contribution in [0.3, 0.4) is 0 Å². The predicted octanol–water partition coefficient (Wildman–Crippen LogP) is 2.58. The summed E-state index contributed by atoms with van der Waals surface area (Å²) in [5.74, 6) is 2.78. The average Bonchev–Trinajstić information content (AvgIpc) is 2.08. The molecule has 0 aliphatic rings. The van der Waals surface area contributed by atoms with Gasteiger partial charge in [0.15, 0.2) is 0 Å². The van der Waals surface area contributed by atoms with Gasteiger partial charge in [-0.05, 0) is 18.1 Å². The van der Waals surface area contributed by atoms with Crippen molar-refractivity contribution in [2.75, 3.05) is 28.8 Å². The molecule has 0 aromatic rings. The summed E-state index contributed by atoms with van der Waals surface area (Å²) in [6.07, 6.45) is 3.71. The van der Waals surface area contributed by atoms with Gasteiger partial charge in [-0.1, -0.05) is 29.3 Å². The van der Waals surface area contributed by atoms with E-state index < -0.39 is 9.84 Å². The Morgan fingerprint density at radius 1 is 1.43 bits per heavy atom. The fourth-order valence-corrected chi connectivity index (χ4v) is 4.40. The van der Waals surface area contributed by atoms with E-state index in [0.717, 1.165) is 16.8 Å². The zero-order chi connectivity index (χ0) is 11.0. The van der Waals surface area contributed by atoms with Gasteiger partial charge in [0.05, 0.1) is 5.75 Å². The summed E-state index contributed by atoms with van der Waals surface area (Å²) < 4.78 is 21.7. The molecule has 0 saturated carbocycles. The Bertz CT molecular complexity index is 227. The Morgan fingerprint density at radius 3 is 2.50 bits per heavy atom. The molecular weight excluding hydrogens is 284 g/mol. The number of hydrogen-bond donors (Lipinski definition) is 0. The van der Waals surface area contributed by atoms with Gasteiger partial charge in [-0.2, -0.15) is 11.8 Å². The van der Waals surface area contributed by atoms with Crippen LogP contribution < -0.4 is 0 Å². The molecule has 86 valence electrons. The summed E-state index contributed by atoms with van der Waals surface area (Å²) in [5, 5.41) is 1.02. The maximum absolute atomic E-state index is 10.8. The van der Waals surface area contributed by atoms with Crippen molar-refractivity contribution in [1.29, 1.82) is 0 Å². The number of sulfone groups is 1. The van der Waals surface area contributed by atoms with E-state index in [-0.39, 0.29) is 0 Å². The Labute approximate surface area is 100 Å². The molecule has 0 aliphatic carbocycles. The van der Waals surface area contributed by atoms with Crippen LogP contribution in [0.4, 0.5) is 0 Å². The minimum Gasteiger partial charge on any atom is -0.229 e. The molecule has 0 fully saturated rings. The number of alkyl halides is 1. The van der Waals surface area contributed by atoms with Crippen LogP contribution in [-0.4, -0.2) is 37.3 Å². The molecule has 0 aliphatic heterocycles. The molecule has 1 unspecified atom stereocenters. The first-order valence-electron chi connectivity index (χ1n) is 4.81. The van der Waals surface area contributed by atoms with E-state index in [2.05, 4.69) is 22.9 Å². The molecular formula is C9H19BrO2S2. The van der Waals surface area contributed by atoms with Gasteiger partial charge < -0.3 is 0 Å². The van der Waals surface area contributed by atoms with E-state index in [9.17, 15) is 8.42 Å². The van der Waals surface area contributed by atoms with Gasteiger partial charge in [-0.15, -0.1) is 0 Å². The molecule has 14 heavy (non-hydrogen) atoms. The normalized spacial score (nSPS) is 14.2. The lowest BCUT2D eigenvalue weighted by Gasteiger charge is -2.11. The maximum atomic E-state index is 10.8. The van der Waals surface area contributed by atoms with Gasteiger partial charge in [0, 0.05) is 17.3 Å². The molecule has 0 aromatic carbocycles. The van der Waals surface area contributed by atoms with E-state index in [1.165, 1.54) is 19.1 Å². The Hall–Kier alpha value is 0.780. The third-order valence-corrected chi connectivity index (χ3v) is 5.19. The summed E-state index contributed by atoms with van der Waals surface area (Å²) in [6.45, 7) is 2.18. The van der Waals surface area contributed by atoms with Gasteiger partial charge in [-0.3, -0.25) is 0 Å². The highest BCUT2D eigenvalue weighted by atomic mass is 79.9. The fraction of sp³-hybridized carbons (Fsp3) is 1.00. The molecule has 0 aromatic heterocycles. The van der Waals surface area contributed by atoms with Gasteiger partial charge in [0.1, 0.15) is 9.84 Å². The van der Waals surface area contributed by atoms with Crippen LogP contribution in [0.1, 0.15) is 19.8 Å². The molecule has 0 spiro atoms. The van der Waals surface area contributed by atoms with Crippen molar-refractivity contribution in [3.63, 3.8) is 0 Å². The van der Waals surface area contributed by atoms with Crippen molar-refractivity contribution in [1.82, 2.24) is 0 Å². The topological polar surface area (TPSA) is 34.1 Å². The maximum Gasteiger partial charge on any atom is 0.148 e. The van der Waals surface area contributed by atoms with Crippen LogP contribution in [0.25, 0.3) is 0 Å². The van der Waals surface area contributed by atoms with E-state index in [1.54, 1.807) is 11.8 Å². The van der Waals surface area contributed by atoms with Crippen molar-refractivity contribution >= 4 is 37.5 Å². The molecule has 1 atom stereocenters. The summed E-state index contributed by atoms with van der Waals surface area (Å²) in [5.41, 5.74) is 0. The molecule has 0 N–H and O–H groups in total.